The van der Waals surface area contributed by atoms with Gasteiger partial charge in [-0.05, 0) is 31.9 Å². The normalized spacial score (nSPS) is 18.6. The number of hydrogen-bond acceptors (Lipinski definition) is 5. The van der Waals surface area contributed by atoms with E-state index in [9.17, 15) is 14.4 Å². The molecule has 3 rings (SSSR count). The second-order valence-corrected chi connectivity index (χ2v) is 8.26. The summed E-state index contributed by atoms with van der Waals surface area (Å²) >= 11 is 1.83. The Hall–Kier alpha value is -2.02. The molecule has 1 aromatic rings. The smallest absolute Gasteiger partial charge is 0.306 e. The Balaban J connectivity index is 1.57. The lowest BCUT2D eigenvalue weighted by Gasteiger charge is -2.44. The topological polar surface area (TPSA) is 66.9 Å². The minimum Gasteiger partial charge on any atom is -0.466 e. The summed E-state index contributed by atoms with van der Waals surface area (Å²) in [5, 5.41) is 0. The molecule has 0 unspecified atom stereocenters. The predicted molar refractivity (Wildman–Crippen MR) is 104 cm³/mol. The minimum atomic E-state index is -0.328. The molecule has 0 bridgehead atoms. The molecule has 146 valence electrons. The van der Waals surface area contributed by atoms with Crippen molar-refractivity contribution in [1.82, 2.24) is 9.80 Å². The Morgan fingerprint density at radius 2 is 1.78 bits per heavy atom. The van der Waals surface area contributed by atoms with E-state index >= 15 is 0 Å². The molecule has 0 aliphatic carbocycles. The lowest BCUT2D eigenvalue weighted by molar-refractivity contribution is -0.146. The highest BCUT2D eigenvalue weighted by Gasteiger charge is 2.46. The summed E-state index contributed by atoms with van der Waals surface area (Å²) in [6, 6.07) is 9.38. The van der Waals surface area contributed by atoms with Gasteiger partial charge in [-0.1, -0.05) is 18.2 Å². The summed E-state index contributed by atoms with van der Waals surface area (Å²) in [7, 11) is 0. The zero-order valence-corrected chi connectivity index (χ0v) is 16.5. The SMILES string of the molecule is CCOC(=O)CCC(=O)N1CCC2(CC1)SCCN2C(=O)c1ccccc1. The summed E-state index contributed by atoms with van der Waals surface area (Å²) in [5.41, 5.74) is 0.715. The van der Waals surface area contributed by atoms with Crippen LogP contribution in [0.1, 0.15) is 43.0 Å². The molecule has 0 N–H and O–H groups in total. The van der Waals surface area contributed by atoms with Crippen molar-refractivity contribution in [1.29, 1.82) is 0 Å². The Morgan fingerprint density at radius 3 is 2.44 bits per heavy atom. The third-order valence-electron chi connectivity index (χ3n) is 5.19. The molecule has 7 heteroatoms. The number of amides is 2. The number of esters is 1. The van der Waals surface area contributed by atoms with Gasteiger partial charge >= 0.3 is 5.97 Å². The number of rotatable bonds is 5. The molecule has 0 radical (unpaired) electrons. The summed E-state index contributed by atoms with van der Waals surface area (Å²) < 4.78 is 4.88. The van der Waals surface area contributed by atoms with E-state index < -0.39 is 0 Å². The highest BCUT2D eigenvalue weighted by Crippen LogP contribution is 2.44. The van der Waals surface area contributed by atoms with E-state index in [1.54, 1.807) is 6.92 Å². The van der Waals surface area contributed by atoms with Crippen molar-refractivity contribution in [3.63, 3.8) is 0 Å². The van der Waals surface area contributed by atoms with Gasteiger partial charge in [-0.15, -0.1) is 11.8 Å². The van der Waals surface area contributed by atoms with Crippen LogP contribution < -0.4 is 0 Å². The van der Waals surface area contributed by atoms with Crippen molar-refractivity contribution in [3.05, 3.63) is 35.9 Å². The van der Waals surface area contributed by atoms with Crippen LogP contribution in [0.3, 0.4) is 0 Å². The fraction of sp³-hybridized carbons (Fsp3) is 0.550. The number of benzene rings is 1. The van der Waals surface area contributed by atoms with Gasteiger partial charge in [-0.3, -0.25) is 14.4 Å². The van der Waals surface area contributed by atoms with Crippen molar-refractivity contribution in [3.8, 4) is 0 Å². The lowest BCUT2D eigenvalue weighted by atomic mass is 10.0. The molecule has 1 aromatic carbocycles. The van der Waals surface area contributed by atoms with Crippen molar-refractivity contribution in [2.75, 3.05) is 32.0 Å². The first-order valence-electron chi connectivity index (χ1n) is 9.50. The monoisotopic (exact) mass is 390 g/mol. The van der Waals surface area contributed by atoms with E-state index in [0.29, 0.717) is 25.3 Å². The number of carbonyl (C=O) groups is 3. The van der Waals surface area contributed by atoms with Crippen molar-refractivity contribution < 1.29 is 19.1 Å². The largest absolute Gasteiger partial charge is 0.466 e. The molecule has 0 aromatic heterocycles. The molecule has 1 spiro atoms. The van der Waals surface area contributed by atoms with E-state index in [-0.39, 0.29) is 35.5 Å². The van der Waals surface area contributed by atoms with E-state index in [2.05, 4.69) is 0 Å². The molecule has 6 nitrogen and oxygen atoms in total. The first kappa shape index (κ1) is 19.7. The summed E-state index contributed by atoms with van der Waals surface area (Å²) in [6.45, 7) is 4.07. The molecule has 2 aliphatic heterocycles. The number of likely N-dealkylation sites (tertiary alicyclic amines) is 1. The van der Waals surface area contributed by atoms with Crippen LogP contribution in [0, 0.1) is 0 Å². The number of piperidine rings is 1. The van der Waals surface area contributed by atoms with Crippen LogP contribution in [-0.2, 0) is 14.3 Å². The van der Waals surface area contributed by atoms with Gasteiger partial charge in [0.15, 0.2) is 0 Å². The third kappa shape index (κ3) is 4.46. The summed E-state index contributed by atoms with van der Waals surface area (Å²) in [4.78, 5) is 40.4. The maximum Gasteiger partial charge on any atom is 0.306 e. The Kier molecular flexibility index (Phi) is 6.42. The van der Waals surface area contributed by atoms with Gasteiger partial charge in [-0.25, -0.2) is 0 Å². The van der Waals surface area contributed by atoms with Crippen LogP contribution in [0.4, 0.5) is 0 Å². The van der Waals surface area contributed by atoms with Gasteiger partial charge in [0.1, 0.15) is 0 Å². The maximum atomic E-state index is 13.0. The van der Waals surface area contributed by atoms with Crippen LogP contribution in [0.15, 0.2) is 30.3 Å². The van der Waals surface area contributed by atoms with Gasteiger partial charge in [0.25, 0.3) is 5.91 Å². The molecular weight excluding hydrogens is 364 g/mol. The predicted octanol–water partition coefficient (Wildman–Crippen LogP) is 2.54. The quantitative estimate of drug-likeness (QED) is 0.723. The van der Waals surface area contributed by atoms with Gasteiger partial charge in [-0.2, -0.15) is 0 Å². The zero-order chi connectivity index (χ0) is 19.3. The second kappa shape index (κ2) is 8.78. The van der Waals surface area contributed by atoms with Gasteiger partial charge in [0.2, 0.25) is 5.91 Å². The van der Waals surface area contributed by atoms with Crippen molar-refractivity contribution in [2.45, 2.75) is 37.5 Å². The fourth-order valence-electron chi connectivity index (χ4n) is 3.75. The van der Waals surface area contributed by atoms with E-state index in [1.165, 1.54) is 0 Å². The first-order chi connectivity index (χ1) is 13.1. The van der Waals surface area contributed by atoms with E-state index in [1.807, 2.05) is 51.9 Å². The molecule has 2 aliphatic rings. The van der Waals surface area contributed by atoms with Crippen LogP contribution in [-0.4, -0.2) is 64.4 Å². The fourth-order valence-corrected chi connectivity index (χ4v) is 5.21. The first-order valence-corrected chi connectivity index (χ1v) is 10.5. The molecule has 27 heavy (non-hydrogen) atoms. The summed E-state index contributed by atoms with van der Waals surface area (Å²) in [5.74, 6) is 0.657. The van der Waals surface area contributed by atoms with E-state index in [0.717, 1.165) is 25.1 Å². The molecule has 2 fully saturated rings. The highest BCUT2D eigenvalue weighted by atomic mass is 32.2. The number of ether oxygens (including phenoxy) is 1. The zero-order valence-electron chi connectivity index (χ0n) is 15.7. The van der Waals surface area contributed by atoms with Crippen LogP contribution >= 0.6 is 11.8 Å². The average Bonchev–Trinajstić information content (AvgIpc) is 3.10. The van der Waals surface area contributed by atoms with Crippen LogP contribution in [0.2, 0.25) is 0 Å². The molecule has 0 saturated carbocycles. The van der Waals surface area contributed by atoms with Gasteiger partial charge in [0.05, 0.1) is 17.9 Å². The molecule has 2 heterocycles. The van der Waals surface area contributed by atoms with Crippen molar-refractivity contribution >= 4 is 29.5 Å². The summed E-state index contributed by atoms with van der Waals surface area (Å²) in [6.07, 6.45) is 1.84. The molecule has 2 saturated heterocycles. The van der Waals surface area contributed by atoms with Crippen LogP contribution in [0.5, 0.6) is 0 Å². The number of carbonyl (C=O) groups excluding carboxylic acids is 3. The highest BCUT2D eigenvalue weighted by molar-refractivity contribution is 8.00. The number of thioether (sulfide) groups is 1. The van der Waals surface area contributed by atoms with Gasteiger partial charge < -0.3 is 14.5 Å². The maximum absolute atomic E-state index is 13.0. The lowest BCUT2D eigenvalue weighted by Crippen LogP contribution is -2.53. The van der Waals surface area contributed by atoms with Crippen LogP contribution in [0.25, 0.3) is 0 Å². The Morgan fingerprint density at radius 1 is 1.07 bits per heavy atom. The standard InChI is InChI=1S/C20H26N2O4S/c1-2-26-18(24)9-8-17(23)21-12-10-20(11-13-21)22(14-15-27-20)19(25)16-6-4-3-5-7-16/h3-7H,2,8-15H2,1H3. The molecule has 0 atom stereocenters. The second-order valence-electron chi connectivity index (χ2n) is 6.80. The van der Waals surface area contributed by atoms with Crippen molar-refractivity contribution in [2.24, 2.45) is 0 Å². The Bertz CT molecular complexity index is 686. The molecular formula is C20H26N2O4S. The number of hydrogen-bond donors (Lipinski definition) is 0. The molecule has 2 amide bonds. The Labute approximate surface area is 164 Å². The third-order valence-corrected chi connectivity index (χ3v) is 6.74. The average molecular weight is 391 g/mol. The minimum absolute atomic E-state index is 0.0122. The number of nitrogens with zero attached hydrogens (tertiary/aromatic N) is 2. The van der Waals surface area contributed by atoms with E-state index in [4.69, 9.17) is 4.74 Å². The van der Waals surface area contributed by atoms with Gasteiger partial charge in [0, 0.05) is 37.4 Å².